The van der Waals surface area contributed by atoms with Crippen LogP contribution >= 0.6 is 0 Å². The zero-order valence-electron chi connectivity index (χ0n) is 23.6. The molecule has 1 aromatic carbocycles. The number of carbonyl (C=O) groups is 3. The van der Waals surface area contributed by atoms with E-state index < -0.39 is 41.9 Å². The SMILES string of the molecule is COC1=C(C)C(=O)C2=C(C1=O)[C@H](CNC(=O)[C@H](C)N)N1C(C2)[C@H]2c3c(cc(C)c(OC)c3O)C[C@@H](C1C#N)N2C. The van der Waals surface area contributed by atoms with Gasteiger partial charge in [0.2, 0.25) is 11.7 Å². The number of Topliss-reactive ketones (excluding diaryl/α,β-unsaturated/α-hetero) is 2. The second-order valence-corrected chi connectivity index (χ2v) is 11.1. The second kappa shape index (κ2) is 10.0. The summed E-state index contributed by atoms with van der Waals surface area (Å²) in [5.74, 6) is -0.749. The van der Waals surface area contributed by atoms with Crippen LogP contribution in [0, 0.1) is 18.3 Å². The maximum absolute atomic E-state index is 13.8. The minimum absolute atomic E-state index is 0.0256. The fourth-order valence-electron chi connectivity index (χ4n) is 7.17. The normalized spacial score (nSPS) is 28.8. The van der Waals surface area contributed by atoms with Gasteiger partial charge in [0.15, 0.2) is 23.0 Å². The summed E-state index contributed by atoms with van der Waals surface area (Å²) in [4.78, 5) is 44.1. The Morgan fingerprint density at radius 2 is 1.93 bits per heavy atom. The number of aromatic hydroxyl groups is 1. The van der Waals surface area contributed by atoms with E-state index in [1.54, 1.807) is 13.8 Å². The molecule has 0 saturated carbocycles. The minimum atomic E-state index is -0.787. The summed E-state index contributed by atoms with van der Waals surface area (Å²) in [5.41, 5.74) is 9.01. The number of nitrogens with one attached hydrogen (secondary N) is 1. The monoisotopic (exact) mass is 549 g/mol. The average Bonchev–Trinajstić information content (AvgIpc) is 2.91. The highest BCUT2D eigenvalue weighted by Gasteiger charge is 2.57. The summed E-state index contributed by atoms with van der Waals surface area (Å²) in [6.45, 7) is 4.97. The summed E-state index contributed by atoms with van der Waals surface area (Å²) in [7, 11) is 4.78. The third kappa shape index (κ3) is 3.85. The zero-order chi connectivity index (χ0) is 29.2. The summed E-state index contributed by atoms with van der Waals surface area (Å²) in [6, 6.07) is 1.07. The molecule has 6 atom stereocenters. The number of likely N-dealkylation sites (N-methyl/N-ethyl adjacent to an activating group) is 1. The number of aryl methyl sites for hydroxylation is 1. The zero-order valence-corrected chi connectivity index (χ0v) is 23.6. The van der Waals surface area contributed by atoms with Crippen molar-refractivity contribution in [3.63, 3.8) is 0 Å². The molecule has 11 nitrogen and oxygen atoms in total. The molecule has 11 heteroatoms. The number of hydrogen-bond donors (Lipinski definition) is 3. The van der Waals surface area contributed by atoms with Crippen molar-refractivity contribution in [3.05, 3.63) is 45.2 Å². The number of allylic oxidation sites excluding steroid dienone is 2. The Balaban J connectivity index is 1.72. The van der Waals surface area contributed by atoms with E-state index in [0.717, 1.165) is 11.1 Å². The third-order valence-corrected chi connectivity index (χ3v) is 8.95. The van der Waals surface area contributed by atoms with E-state index >= 15 is 0 Å². The van der Waals surface area contributed by atoms with Crippen molar-refractivity contribution in [2.45, 2.75) is 69.9 Å². The van der Waals surface area contributed by atoms with Gasteiger partial charge in [-0.2, -0.15) is 5.26 Å². The number of ketones is 2. The van der Waals surface area contributed by atoms with Crippen molar-refractivity contribution in [1.82, 2.24) is 15.1 Å². The lowest BCUT2D eigenvalue weighted by Gasteiger charge is -2.60. The van der Waals surface area contributed by atoms with Gasteiger partial charge in [-0.1, -0.05) is 6.07 Å². The van der Waals surface area contributed by atoms with E-state index in [0.29, 0.717) is 23.3 Å². The van der Waals surface area contributed by atoms with Gasteiger partial charge in [0.25, 0.3) is 0 Å². The number of ether oxygens (including phenoxy) is 2. The van der Waals surface area contributed by atoms with Gasteiger partial charge in [-0.15, -0.1) is 0 Å². The van der Waals surface area contributed by atoms with Crippen LogP contribution in [0.15, 0.2) is 28.5 Å². The molecule has 0 radical (unpaired) electrons. The number of methoxy groups -OCH3 is 2. The molecule has 212 valence electrons. The number of nitrogens with two attached hydrogens (primary N) is 1. The first-order valence-electron chi connectivity index (χ1n) is 13.4. The molecule has 5 rings (SSSR count). The van der Waals surface area contributed by atoms with Gasteiger partial charge in [0.05, 0.1) is 38.4 Å². The number of nitriles is 1. The van der Waals surface area contributed by atoms with Crippen LogP contribution in [0.5, 0.6) is 11.5 Å². The molecule has 4 N–H and O–H groups in total. The number of amides is 1. The molecule has 3 heterocycles. The number of rotatable bonds is 5. The van der Waals surface area contributed by atoms with E-state index in [-0.39, 0.29) is 47.4 Å². The molecule has 40 heavy (non-hydrogen) atoms. The first-order valence-corrected chi connectivity index (χ1v) is 13.4. The van der Waals surface area contributed by atoms with Gasteiger partial charge >= 0.3 is 0 Å². The topological polar surface area (TPSA) is 158 Å². The Bertz CT molecular complexity index is 1420. The number of fused-ring (bicyclic) bond motifs is 6. The van der Waals surface area contributed by atoms with Gasteiger partial charge in [0, 0.05) is 40.9 Å². The van der Waals surface area contributed by atoms with Crippen LogP contribution in [-0.4, -0.2) is 90.4 Å². The number of hydrogen-bond acceptors (Lipinski definition) is 10. The summed E-state index contributed by atoms with van der Waals surface area (Å²) in [6.07, 6.45) is 0.670. The fraction of sp³-hybridized carbons (Fsp3) is 0.517. The van der Waals surface area contributed by atoms with E-state index in [1.807, 2.05) is 24.9 Å². The standard InChI is InChI=1S/C29H35N5O6/c1-12-7-15-8-17-19(10-30)34-18(23(33(17)4)21(15)25(36)27(12)39-5)9-16-22(20(34)11-32-29(38)14(3)31)26(37)28(40-6)13(2)24(16)35/h7,14,17-20,23,36H,8-9,11,31H2,1-6H3,(H,32,38)/t14-,17-,18?,19?,20-,23-/m0/s1. The lowest BCUT2D eigenvalue weighted by atomic mass is 9.69. The molecule has 2 unspecified atom stereocenters. The van der Waals surface area contributed by atoms with Gasteiger partial charge < -0.3 is 25.6 Å². The molecular weight excluding hydrogens is 514 g/mol. The van der Waals surface area contributed by atoms with E-state index in [1.165, 1.54) is 14.2 Å². The highest BCUT2D eigenvalue weighted by atomic mass is 16.5. The molecular formula is C29H35N5O6. The number of benzene rings is 1. The first kappa shape index (κ1) is 27.8. The molecule has 2 bridgehead atoms. The maximum Gasteiger partial charge on any atom is 0.236 e. The predicted octanol–water partition coefficient (Wildman–Crippen LogP) is 0.788. The Morgan fingerprint density at radius 3 is 2.52 bits per heavy atom. The van der Waals surface area contributed by atoms with Gasteiger partial charge in [-0.3, -0.25) is 24.2 Å². The minimum Gasteiger partial charge on any atom is -0.504 e. The van der Waals surface area contributed by atoms with Crippen LogP contribution in [0.2, 0.25) is 0 Å². The van der Waals surface area contributed by atoms with Crippen molar-refractivity contribution < 1.29 is 29.0 Å². The largest absolute Gasteiger partial charge is 0.504 e. The van der Waals surface area contributed by atoms with Crippen LogP contribution in [0.4, 0.5) is 0 Å². The molecule has 1 amide bonds. The van der Waals surface area contributed by atoms with Crippen molar-refractivity contribution in [2.75, 3.05) is 27.8 Å². The van der Waals surface area contributed by atoms with Crippen LogP contribution in [0.3, 0.4) is 0 Å². The first-order chi connectivity index (χ1) is 19.0. The summed E-state index contributed by atoms with van der Waals surface area (Å²) in [5, 5.41) is 24.8. The van der Waals surface area contributed by atoms with Gasteiger partial charge in [-0.05, 0) is 51.8 Å². The molecule has 1 saturated heterocycles. The second-order valence-electron chi connectivity index (χ2n) is 11.1. The van der Waals surface area contributed by atoms with Crippen LogP contribution in [0.1, 0.15) is 43.0 Å². The Hall–Kier alpha value is -3.72. The Labute approximate surface area is 233 Å². The number of piperazine rings is 1. The Morgan fingerprint density at radius 1 is 1.23 bits per heavy atom. The van der Waals surface area contributed by atoms with E-state index in [9.17, 15) is 24.8 Å². The Kier molecular flexibility index (Phi) is 6.98. The van der Waals surface area contributed by atoms with E-state index in [4.69, 9.17) is 15.2 Å². The molecule has 1 fully saturated rings. The highest BCUT2D eigenvalue weighted by molar-refractivity contribution is 6.25. The molecule has 4 aliphatic rings. The van der Waals surface area contributed by atoms with Crippen LogP contribution in [-0.2, 0) is 25.5 Å². The molecule has 0 spiro atoms. The summed E-state index contributed by atoms with van der Waals surface area (Å²) < 4.78 is 10.9. The van der Waals surface area contributed by atoms with Gasteiger partial charge in [0.1, 0.15) is 6.04 Å². The van der Waals surface area contributed by atoms with Crippen LogP contribution in [0.25, 0.3) is 0 Å². The lowest BCUT2D eigenvalue weighted by molar-refractivity contribution is -0.125. The number of nitrogens with zero attached hydrogens (tertiary/aromatic N) is 3. The van der Waals surface area contributed by atoms with Crippen molar-refractivity contribution in [2.24, 2.45) is 5.73 Å². The molecule has 1 aliphatic carbocycles. The average molecular weight is 550 g/mol. The summed E-state index contributed by atoms with van der Waals surface area (Å²) >= 11 is 0. The van der Waals surface area contributed by atoms with Crippen molar-refractivity contribution in [1.29, 1.82) is 5.26 Å². The fourth-order valence-corrected chi connectivity index (χ4v) is 7.17. The van der Waals surface area contributed by atoms with Crippen molar-refractivity contribution >= 4 is 17.5 Å². The number of phenols is 1. The smallest absolute Gasteiger partial charge is 0.236 e. The quantitative estimate of drug-likeness (QED) is 0.448. The maximum atomic E-state index is 13.8. The highest BCUT2D eigenvalue weighted by Crippen LogP contribution is 2.53. The molecule has 1 aromatic rings. The van der Waals surface area contributed by atoms with Crippen LogP contribution < -0.4 is 15.8 Å². The van der Waals surface area contributed by atoms with E-state index in [2.05, 4.69) is 16.3 Å². The molecule has 3 aliphatic heterocycles. The third-order valence-electron chi connectivity index (χ3n) is 8.95. The number of phenolic OH excluding ortho intramolecular Hbond substituents is 1. The van der Waals surface area contributed by atoms with Crippen molar-refractivity contribution in [3.8, 4) is 17.6 Å². The van der Waals surface area contributed by atoms with Gasteiger partial charge in [-0.25, -0.2) is 0 Å². The number of carbonyl (C=O) groups excluding carboxylic acids is 3. The lowest BCUT2D eigenvalue weighted by Crippen LogP contribution is -2.71. The molecule has 0 aromatic heterocycles. The predicted molar refractivity (Wildman–Crippen MR) is 144 cm³/mol.